The van der Waals surface area contributed by atoms with Crippen molar-refractivity contribution in [2.24, 2.45) is 5.10 Å². The number of hydrogen-bond acceptors (Lipinski definition) is 7. The molecule has 0 aliphatic heterocycles. The van der Waals surface area contributed by atoms with E-state index in [0.717, 1.165) is 0 Å². The van der Waals surface area contributed by atoms with Crippen LogP contribution in [0.2, 0.25) is 0 Å². The Morgan fingerprint density at radius 2 is 1.67 bits per heavy atom. The summed E-state index contributed by atoms with van der Waals surface area (Å²) in [5, 5.41) is 14.6. The predicted molar refractivity (Wildman–Crippen MR) is 110 cm³/mol. The summed E-state index contributed by atoms with van der Waals surface area (Å²) in [4.78, 5) is 34.3. The van der Waals surface area contributed by atoms with Crippen LogP contribution in [0.4, 0.5) is 11.4 Å². The Labute approximate surface area is 170 Å². The second-order valence-corrected chi connectivity index (χ2v) is 6.09. The van der Waals surface area contributed by atoms with Crippen LogP contribution in [0, 0.1) is 10.1 Å². The maximum atomic E-state index is 12.2. The molecule has 3 rings (SSSR count). The number of benzene rings is 3. The Morgan fingerprint density at radius 1 is 1.00 bits per heavy atom. The van der Waals surface area contributed by atoms with Gasteiger partial charge in [0.15, 0.2) is 0 Å². The lowest BCUT2D eigenvalue weighted by Crippen LogP contribution is -2.17. The lowest BCUT2D eigenvalue weighted by molar-refractivity contribution is -0.384. The predicted octanol–water partition coefficient (Wildman–Crippen LogP) is 3.16. The van der Waals surface area contributed by atoms with Crippen molar-refractivity contribution >= 4 is 29.5 Å². The maximum absolute atomic E-state index is 12.2. The molecule has 0 heterocycles. The number of nitro groups is 1. The highest BCUT2D eigenvalue weighted by Gasteiger charge is 2.11. The van der Waals surface area contributed by atoms with E-state index in [9.17, 15) is 19.7 Å². The van der Waals surface area contributed by atoms with Crippen molar-refractivity contribution in [3.8, 4) is 5.75 Å². The average Bonchev–Trinajstić information content (AvgIpc) is 2.74. The number of nitrogens with two attached hydrogens (primary N) is 1. The number of rotatable bonds is 6. The number of hydrazone groups is 1. The number of ether oxygens (including phenoxy) is 1. The largest absolute Gasteiger partial charge is 0.423 e. The van der Waals surface area contributed by atoms with Crippen molar-refractivity contribution in [3.63, 3.8) is 0 Å². The van der Waals surface area contributed by atoms with Crippen LogP contribution in [0.15, 0.2) is 77.9 Å². The second-order valence-electron chi connectivity index (χ2n) is 6.09. The molecule has 0 saturated carbocycles. The van der Waals surface area contributed by atoms with E-state index in [1.54, 1.807) is 48.5 Å². The molecule has 3 aromatic carbocycles. The summed E-state index contributed by atoms with van der Waals surface area (Å²) >= 11 is 0. The molecule has 0 atom stereocenters. The van der Waals surface area contributed by atoms with Gasteiger partial charge in [-0.15, -0.1) is 0 Å². The first kappa shape index (κ1) is 20.2. The molecule has 0 radical (unpaired) electrons. The molecule has 0 bridgehead atoms. The van der Waals surface area contributed by atoms with E-state index < -0.39 is 16.8 Å². The number of nitro benzene ring substituents is 1. The lowest BCUT2D eigenvalue weighted by atomic mass is 10.2. The lowest BCUT2D eigenvalue weighted by Gasteiger charge is -2.05. The van der Waals surface area contributed by atoms with Crippen molar-refractivity contribution in [3.05, 3.63) is 99.6 Å². The molecule has 0 aromatic heterocycles. The Balaban J connectivity index is 1.61. The second kappa shape index (κ2) is 9.11. The third-order valence-corrected chi connectivity index (χ3v) is 3.94. The summed E-state index contributed by atoms with van der Waals surface area (Å²) in [6.45, 7) is 0. The van der Waals surface area contributed by atoms with Crippen LogP contribution in [-0.4, -0.2) is 23.0 Å². The molecule has 0 saturated heterocycles. The normalized spacial score (nSPS) is 10.5. The number of nitrogen functional groups attached to an aromatic ring is 1. The summed E-state index contributed by atoms with van der Waals surface area (Å²) < 4.78 is 5.28. The van der Waals surface area contributed by atoms with Crippen LogP contribution in [0.3, 0.4) is 0 Å². The van der Waals surface area contributed by atoms with Gasteiger partial charge in [-0.05, 0) is 54.1 Å². The molecule has 30 heavy (non-hydrogen) atoms. The molecular formula is C21H16N4O5. The van der Waals surface area contributed by atoms with Crippen LogP contribution < -0.4 is 15.9 Å². The fourth-order valence-electron chi connectivity index (χ4n) is 2.41. The quantitative estimate of drug-likeness (QED) is 0.162. The minimum absolute atomic E-state index is 0.120. The van der Waals surface area contributed by atoms with E-state index in [2.05, 4.69) is 10.5 Å². The highest BCUT2D eigenvalue weighted by atomic mass is 16.6. The maximum Gasteiger partial charge on any atom is 0.343 e. The first-order valence-electron chi connectivity index (χ1n) is 8.68. The van der Waals surface area contributed by atoms with Gasteiger partial charge in [0.1, 0.15) is 5.75 Å². The average molecular weight is 404 g/mol. The third-order valence-electron chi connectivity index (χ3n) is 3.94. The van der Waals surface area contributed by atoms with Crippen LogP contribution in [0.25, 0.3) is 0 Å². The van der Waals surface area contributed by atoms with Gasteiger partial charge in [0.2, 0.25) is 0 Å². The van der Waals surface area contributed by atoms with Crippen molar-refractivity contribution < 1.29 is 19.2 Å². The van der Waals surface area contributed by atoms with Crippen LogP contribution >= 0.6 is 0 Å². The molecule has 3 N–H and O–H groups in total. The first-order valence-corrected chi connectivity index (χ1v) is 8.68. The molecule has 1 amide bonds. The zero-order chi connectivity index (χ0) is 21.5. The minimum Gasteiger partial charge on any atom is -0.423 e. The summed E-state index contributed by atoms with van der Waals surface area (Å²) in [5.74, 6) is -0.796. The van der Waals surface area contributed by atoms with Gasteiger partial charge >= 0.3 is 5.97 Å². The fourth-order valence-corrected chi connectivity index (χ4v) is 2.41. The Bertz CT molecular complexity index is 1110. The molecule has 9 nitrogen and oxygen atoms in total. The third kappa shape index (κ3) is 5.26. The summed E-state index contributed by atoms with van der Waals surface area (Å²) in [6, 6.07) is 18.0. The van der Waals surface area contributed by atoms with E-state index in [0.29, 0.717) is 16.8 Å². The van der Waals surface area contributed by atoms with Gasteiger partial charge in [-0.3, -0.25) is 14.9 Å². The highest BCUT2D eigenvalue weighted by molar-refractivity contribution is 5.95. The van der Waals surface area contributed by atoms with E-state index in [1.807, 2.05) is 0 Å². The summed E-state index contributed by atoms with van der Waals surface area (Å²) in [5.41, 5.74) is 9.58. The van der Waals surface area contributed by atoms with E-state index in [1.165, 1.54) is 30.5 Å². The topological polar surface area (TPSA) is 137 Å². The van der Waals surface area contributed by atoms with E-state index in [4.69, 9.17) is 10.5 Å². The standard InChI is InChI=1S/C21H16N4O5/c22-17-8-4-15(5-9-17)20(26)24-23-13-14-2-1-3-19(12-14)30-21(27)16-6-10-18(11-7-16)25(28)29/h1-13H,22H2,(H,24,26)/b23-13-. The van der Waals surface area contributed by atoms with Gasteiger partial charge in [0, 0.05) is 23.4 Å². The molecule has 0 unspecified atom stereocenters. The molecule has 150 valence electrons. The minimum atomic E-state index is -0.657. The molecule has 0 aliphatic carbocycles. The Hall–Kier alpha value is -4.53. The highest BCUT2D eigenvalue weighted by Crippen LogP contribution is 2.16. The molecular weight excluding hydrogens is 388 g/mol. The number of carbonyl (C=O) groups is 2. The van der Waals surface area contributed by atoms with Crippen LogP contribution in [0.1, 0.15) is 26.3 Å². The van der Waals surface area contributed by atoms with Gasteiger partial charge in [0.25, 0.3) is 11.6 Å². The number of esters is 1. The summed E-state index contributed by atoms with van der Waals surface area (Å²) in [7, 11) is 0. The zero-order valence-electron chi connectivity index (χ0n) is 15.5. The SMILES string of the molecule is Nc1ccc(C(=O)N/N=C\c2cccc(OC(=O)c3ccc([N+](=O)[O-])cc3)c2)cc1. The fraction of sp³-hybridized carbons (Fsp3) is 0. The number of hydrogen-bond donors (Lipinski definition) is 2. The Morgan fingerprint density at radius 3 is 2.33 bits per heavy atom. The van der Waals surface area contributed by atoms with Crippen molar-refractivity contribution in [2.45, 2.75) is 0 Å². The number of amides is 1. The van der Waals surface area contributed by atoms with Crippen LogP contribution in [0.5, 0.6) is 5.75 Å². The van der Waals surface area contributed by atoms with Gasteiger partial charge in [-0.1, -0.05) is 12.1 Å². The molecule has 0 aliphatic rings. The van der Waals surface area contributed by atoms with Crippen LogP contribution in [-0.2, 0) is 0 Å². The van der Waals surface area contributed by atoms with E-state index >= 15 is 0 Å². The van der Waals surface area contributed by atoms with Gasteiger partial charge in [-0.2, -0.15) is 5.10 Å². The molecule has 0 fully saturated rings. The monoisotopic (exact) mass is 404 g/mol. The zero-order valence-corrected chi connectivity index (χ0v) is 15.5. The Kier molecular flexibility index (Phi) is 6.14. The number of non-ortho nitro benzene ring substituents is 1. The van der Waals surface area contributed by atoms with Gasteiger partial charge < -0.3 is 10.5 Å². The van der Waals surface area contributed by atoms with Crippen molar-refractivity contribution in [1.82, 2.24) is 5.43 Å². The van der Waals surface area contributed by atoms with Crippen molar-refractivity contribution in [1.29, 1.82) is 0 Å². The molecule has 0 spiro atoms. The smallest absolute Gasteiger partial charge is 0.343 e. The van der Waals surface area contributed by atoms with Gasteiger partial charge in [-0.25, -0.2) is 10.2 Å². The molecule has 9 heteroatoms. The molecule has 3 aromatic rings. The van der Waals surface area contributed by atoms with Crippen molar-refractivity contribution in [2.75, 3.05) is 5.73 Å². The number of carbonyl (C=O) groups excluding carboxylic acids is 2. The van der Waals surface area contributed by atoms with Gasteiger partial charge in [0.05, 0.1) is 16.7 Å². The number of nitrogens with zero attached hydrogens (tertiary/aromatic N) is 2. The number of anilines is 1. The van der Waals surface area contributed by atoms with E-state index in [-0.39, 0.29) is 17.0 Å². The first-order chi connectivity index (χ1) is 14.4. The summed E-state index contributed by atoms with van der Waals surface area (Å²) in [6.07, 6.45) is 1.40. The number of nitrogens with one attached hydrogen (secondary N) is 1.